The third kappa shape index (κ3) is 3.46. The molecular weight excluding hydrogens is 284 g/mol. The molecule has 0 bridgehead atoms. The fourth-order valence-electron chi connectivity index (χ4n) is 2.39. The second kappa shape index (κ2) is 6.19. The average Bonchev–Trinajstić information content (AvgIpc) is 2.80. The quantitative estimate of drug-likeness (QED) is 0.658. The molecule has 2 atom stereocenters. The first-order valence-corrected chi connectivity index (χ1v) is 6.76. The molecule has 0 heterocycles. The fraction of sp³-hybridized carbons (Fsp3) is 0.462. The summed E-state index contributed by atoms with van der Waals surface area (Å²) >= 11 is 5.76. The molecule has 1 aliphatic carbocycles. The van der Waals surface area contributed by atoms with Gasteiger partial charge in [0.2, 0.25) is 0 Å². The van der Waals surface area contributed by atoms with E-state index in [0.29, 0.717) is 6.54 Å². The van der Waals surface area contributed by atoms with Crippen molar-refractivity contribution >= 4 is 23.2 Å². The van der Waals surface area contributed by atoms with Gasteiger partial charge >= 0.3 is 0 Å². The van der Waals surface area contributed by atoms with E-state index in [-0.39, 0.29) is 28.3 Å². The molecule has 2 unspecified atom stereocenters. The molecule has 108 valence electrons. The van der Waals surface area contributed by atoms with Crippen LogP contribution in [0, 0.1) is 16.0 Å². The fourth-order valence-corrected chi connectivity index (χ4v) is 2.62. The highest BCUT2D eigenvalue weighted by molar-refractivity contribution is 6.31. The number of non-ortho nitro benzene ring substituents is 1. The van der Waals surface area contributed by atoms with Crippen LogP contribution in [-0.4, -0.2) is 28.6 Å². The van der Waals surface area contributed by atoms with Crippen LogP contribution in [0.3, 0.4) is 0 Å². The number of halogens is 1. The van der Waals surface area contributed by atoms with E-state index in [0.717, 1.165) is 19.3 Å². The normalized spacial score (nSPS) is 21.7. The Hall–Kier alpha value is -1.66. The van der Waals surface area contributed by atoms with Crippen LogP contribution in [0.15, 0.2) is 18.2 Å². The molecule has 1 aromatic carbocycles. The van der Waals surface area contributed by atoms with Gasteiger partial charge in [-0.3, -0.25) is 14.9 Å². The smallest absolute Gasteiger partial charge is 0.271 e. The summed E-state index contributed by atoms with van der Waals surface area (Å²) in [6.07, 6.45) is 2.19. The summed E-state index contributed by atoms with van der Waals surface area (Å²) in [5, 5.41) is 23.2. The lowest BCUT2D eigenvalue weighted by molar-refractivity contribution is -0.384. The number of carbonyl (C=O) groups excluding carboxylic acids is 1. The Labute approximate surface area is 120 Å². The number of aliphatic hydroxyl groups is 1. The van der Waals surface area contributed by atoms with Crippen LogP contribution in [0.1, 0.15) is 29.6 Å². The molecule has 1 aromatic rings. The third-order valence-electron chi connectivity index (χ3n) is 3.50. The summed E-state index contributed by atoms with van der Waals surface area (Å²) in [4.78, 5) is 22.1. The number of amides is 1. The van der Waals surface area contributed by atoms with Crippen molar-refractivity contribution in [1.82, 2.24) is 5.32 Å². The summed E-state index contributed by atoms with van der Waals surface area (Å²) in [7, 11) is 0. The summed E-state index contributed by atoms with van der Waals surface area (Å²) in [6, 6.07) is 3.76. The number of aliphatic hydroxyl groups excluding tert-OH is 1. The van der Waals surface area contributed by atoms with Crippen molar-refractivity contribution in [1.29, 1.82) is 0 Å². The van der Waals surface area contributed by atoms with Crippen LogP contribution in [0.4, 0.5) is 5.69 Å². The van der Waals surface area contributed by atoms with Gasteiger partial charge in [0.05, 0.1) is 11.0 Å². The minimum absolute atomic E-state index is 0.0492. The lowest BCUT2D eigenvalue weighted by atomic mass is 10.1. The van der Waals surface area contributed by atoms with Gasteiger partial charge in [-0.25, -0.2) is 0 Å². The van der Waals surface area contributed by atoms with Crippen molar-refractivity contribution < 1.29 is 14.8 Å². The van der Waals surface area contributed by atoms with Gasteiger partial charge in [0.25, 0.3) is 11.6 Å². The predicted molar refractivity (Wildman–Crippen MR) is 73.8 cm³/mol. The van der Waals surface area contributed by atoms with Crippen LogP contribution < -0.4 is 5.32 Å². The Bertz CT molecular complexity index is 535. The first-order valence-electron chi connectivity index (χ1n) is 6.38. The largest absolute Gasteiger partial charge is 0.393 e. The van der Waals surface area contributed by atoms with Gasteiger partial charge in [0.15, 0.2) is 0 Å². The van der Waals surface area contributed by atoms with E-state index < -0.39 is 10.8 Å². The average molecular weight is 299 g/mol. The lowest BCUT2D eigenvalue weighted by Crippen LogP contribution is -2.32. The minimum Gasteiger partial charge on any atom is -0.393 e. The van der Waals surface area contributed by atoms with E-state index in [9.17, 15) is 20.0 Å². The Morgan fingerprint density at radius 2 is 2.20 bits per heavy atom. The van der Waals surface area contributed by atoms with E-state index in [1.54, 1.807) is 0 Å². The number of nitrogens with zero attached hydrogens (tertiary/aromatic N) is 1. The number of nitro groups is 1. The van der Waals surface area contributed by atoms with Gasteiger partial charge in [-0.2, -0.15) is 0 Å². The van der Waals surface area contributed by atoms with Gasteiger partial charge in [-0.05, 0) is 18.9 Å². The van der Waals surface area contributed by atoms with E-state index in [1.807, 2.05) is 0 Å². The molecule has 6 nitrogen and oxygen atoms in total. The van der Waals surface area contributed by atoms with Crippen molar-refractivity contribution in [2.75, 3.05) is 6.54 Å². The number of hydrogen-bond donors (Lipinski definition) is 2. The highest BCUT2D eigenvalue weighted by Gasteiger charge is 2.25. The summed E-state index contributed by atoms with van der Waals surface area (Å²) < 4.78 is 0. The molecule has 0 spiro atoms. The Kier molecular flexibility index (Phi) is 4.57. The number of benzene rings is 1. The Morgan fingerprint density at radius 1 is 1.45 bits per heavy atom. The predicted octanol–water partition coefficient (Wildman–Crippen LogP) is 2.14. The first-order chi connectivity index (χ1) is 9.47. The maximum Gasteiger partial charge on any atom is 0.271 e. The molecule has 20 heavy (non-hydrogen) atoms. The van der Waals surface area contributed by atoms with Crippen LogP contribution in [-0.2, 0) is 0 Å². The maximum absolute atomic E-state index is 12.0. The summed E-state index contributed by atoms with van der Waals surface area (Å²) in [5.41, 5.74) is -0.0692. The van der Waals surface area contributed by atoms with Crippen LogP contribution in [0.2, 0.25) is 5.02 Å². The van der Waals surface area contributed by atoms with Crippen LogP contribution in [0.5, 0.6) is 0 Å². The molecule has 0 aliphatic heterocycles. The van der Waals surface area contributed by atoms with E-state index in [2.05, 4.69) is 5.32 Å². The van der Waals surface area contributed by atoms with Crippen molar-refractivity contribution in [2.24, 2.45) is 5.92 Å². The number of nitrogens with one attached hydrogen (secondary N) is 1. The number of rotatable bonds is 4. The second-order valence-electron chi connectivity index (χ2n) is 4.92. The van der Waals surface area contributed by atoms with Gasteiger partial charge in [-0.1, -0.05) is 18.0 Å². The molecule has 1 fully saturated rings. The van der Waals surface area contributed by atoms with Crippen molar-refractivity contribution in [3.05, 3.63) is 38.9 Å². The molecular formula is C13H15ClN2O4. The number of hydrogen-bond acceptors (Lipinski definition) is 4. The Balaban J connectivity index is 2.03. The molecule has 0 radical (unpaired) electrons. The molecule has 0 saturated heterocycles. The number of carbonyl (C=O) groups is 1. The first kappa shape index (κ1) is 14.7. The lowest BCUT2D eigenvalue weighted by Gasteiger charge is -2.15. The molecule has 2 rings (SSSR count). The highest BCUT2D eigenvalue weighted by atomic mass is 35.5. The van der Waals surface area contributed by atoms with E-state index in [4.69, 9.17) is 11.6 Å². The highest BCUT2D eigenvalue weighted by Crippen LogP contribution is 2.25. The van der Waals surface area contributed by atoms with Crippen molar-refractivity contribution in [3.63, 3.8) is 0 Å². The maximum atomic E-state index is 12.0. The molecule has 7 heteroatoms. The van der Waals surface area contributed by atoms with Gasteiger partial charge < -0.3 is 10.4 Å². The molecule has 0 aromatic heterocycles. The zero-order chi connectivity index (χ0) is 14.7. The second-order valence-corrected chi connectivity index (χ2v) is 5.36. The summed E-state index contributed by atoms with van der Waals surface area (Å²) in [6.45, 7) is 0.361. The third-order valence-corrected chi connectivity index (χ3v) is 3.72. The molecule has 1 aliphatic rings. The van der Waals surface area contributed by atoms with Gasteiger partial charge in [-0.15, -0.1) is 0 Å². The zero-order valence-corrected chi connectivity index (χ0v) is 11.5. The van der Waals surface area contributed by atoms with E-state index >= 15 is 0 Å². The van der Waals surface area contributed by atoms with Gasteiger partial charge in [0, 0.05) is 35.2 Å². The van der Waals surface area contributed by atoms with Crippen molar-refractivity contribution in [2.45, 2.75) is 25.4 Å². The van der Waals surface area contributed by atoms with Crippen LogP contribution >= 0.6 is 11.6 Å². The SMILES string of the molecule is O=C(NCC1CCCC1O)c1cc(Cl)cc([N+](=O)[O-])c1. The molecule has 1 amide bonds. The van der Waals surface area contributed by atoms with E-state index in [1.165, 1.54) is 18.2 Å². The molecule has 1 saturated carbocycles. The molecule has 2 N–H and O–H groups in total. The number of nitro benzene ring substituents is 1. The summed E-state index contributed by atoms with van der Waals surface area (Å²) in [5.74, 6) is -0.372. The van der Waals surface area contributed by atoms with Crippen molar-refractivity contribution in [3.8, 4) is 0 Å². The standard InChI is InChI=1S/C13H15ClN2O4/c14-10-4-9(5-11(6-10)16(19)20)13(18)15-7-8-2-1-3-12(8)17/h4-6,8,12,17H,1-3,7H2,(H,15,18). The minimum atomic E-state index is -0.594. The zero-order valence-electron chi connectivity index (χ0n) is 10.7. The van der Waals surface area contributed by atoms with Gasteiger partial charge in [0.1, 0.15) is 0 Å². The monoisotopic (exact) mass is 298 g/mol. The van der Waals surface area contributed by atoms with Crippen LogP contribution in [0.25, 0.3) is 0 Å². The Morgan fingerprint density at radius 3 is 2.80 bits per heavy atom. The topological polar surface area (TPSA) is 92.5 Å².